The second kappa shape index (κ2) is 7.46. The summed E-state index contributed by atoms with van der Waals surface area (Å²) in [4.78, 5) is 12.9. The lowest BCUT2D eigenvalue weighted by Gasteiger charge is -2.62. The van der Waals surface area contributed by atoms with Crippen LogP contribution < -0.4 is 0 Å². The monoisotopic (exact) mass is 452 g/mol. The highest BCUT2D eigenvalue weighted by Gasteiger charge is 2.82. The summed E-state index contributed by atoms with van der Waals surface area (Å²) in [6.07, 6.45) is 17.1. The SMILES string of the molecule is CC=C(CCC(C)C1CCC2(C)C3CCC4C(C)(C)C(=O)CCC45CC35CCC12C)C(C)C. The normalized spacial score (nSPS) is 49.2. The molecule has 5 saturated carbocycles. The highest BCUT2D eigenvalue weighted by Crippen LogP contribution is 2.88. The molecule has 0 aliphatic heterocycles. The van der Waals surface area contributed by atoms with Gasteiger partial charge in [-0.2, -0.15) is 0 Å². The largest absolute Gasteiger partial charge is 0.299 e. The Morgan fingerprint density at radius 2 is 1.58 bits per heavy atom. The highest BCUT2D eigenvalue weighted by molar-refractivity contribution is 5.86. The molecule has 5 aliphatic carbocycles. The van der Waals surface area contributed by atoms with Gasteiger partial charge in [-0.1, -0.05) is 60.1 Å². The second-order valence-corrected chi connectivity index (χ2v) is 14.8. The van der Waals surface area contributed by atoms with Crippen LogP contribution in [-0.2, 0) is 4.79 Å². The van der Waals surface area contributed by atoms with Crippen LogP contribution in [0.25, 0.3) is 0 Å². The standard InChI is InChI=1S/C32H52O/c1-9-23(21(2)3)11-10-22(4)24-14-16-30(8)26-13-12-25-28(5,6)27(33)15-17-31(25)20-32(26,31)19-18-29(24,30)7/h9,21-22,24-26H,10-20H2,1-8H3. The Bertz CT molecular complexity index is 849. The summed E-state index contributed by atoms with van der Waals surface area (Å²) in [6, 6.07) is 0. The minimum atomic E-state index is -0.0813. The Kier molecular flexibility index (Phi) is 5.45. The average molecular weight is 453 g/mol. The summed E-state index contributed by atoms with van der Waals surface area (Å²) >= 11 is 0. The Morgan fingerprint density at radius 1 is 0.909 bits per heavy atom. The summed E-state index contributed by atoms with van der Waals surface area (Å²) < 4.78 is 0. The number of carbonyl (C=O) groups excluding carboxylic acids is 1. The van der Waals surface area contributed by atoms with Gasteiger partial charge < -0.3 is 0 Å². The van der Waals surface area contributed by atoms with E-state index in [0.717, 1.165) is 24.2 Å². The van der Waals surface area contributed by atoms with Crippen molar-refractivity contribution in [1.82, 2.24) is 0 Å². The van der Waals surface area contributed by atoms with Crippen molar-refractivity contribution >= 4 is 5.78 Å². The van der Waals surface area contributed by atoms with Crippen LogP contribution in [-0.4, -0.2) is 5.78 Å². The van der Waals surface area contributed by atoms with Gasteiger partial charge in [-0.3, -0.25) is 4.79 Å². The van der Waals surface area contributed by atoms with Crippen molar-refractivity contribution in [2.24, 2.45) is 56.7 Å². The molecule has 2 spiro atoms. The molecule has 186 valence electrons. The van der Waals surface area contributed by atoms with Crippen molar-refractivity contribution in [2.45, 2.75) is 126 Å². The maximum atomic E-state index is 12.9. The fraction of sp³-hybridized carbons (Fsp3) is 0.906. The second-order valence-electron chi connectivity index (χ2n) is 14.8. The fourth-order valence-corrected chi connectivity index (χ4v) is 11.5. The number of fused-ring (bicyclic) bond motifs is 2. The topological polar surface area (TPSA) is 17.1 Å². The Hall–Kier alpha value is -0.590. The van der Waals surface area contributed by atoms with Crippen molar-refractivity contribution in [3.05, 3.63) is 11.6 Å². The lowest BCUT2D eigenvalue weighted by atomic mass is 9.42. The Labute approximate surface area is 204 Å². The van der Waals surface area contributed by atoms with Gasteiger partial charge in [0, 0.05) is 11.8 Å². The summed E-state index contributed by atoms with van der Waals surface area (Å²) in [5, 5.41) is 0. The molecule has 0 saturated heterocycles. The molecular formula is C32H52O. The van der Waals surface area contributed by atoms with Gasteiger partial charge in [0.15, 0.2) is 0 Å². The van der Waals surface area contributed by atoms with E-state index in [1.54, 1.807) is 5.57 Å². The molecule has 0 aromatic carbocycles. The summed E-state index contributed by atoms with van der Waals surface area (Å²) in [5.74, 6) is 4.53. The van der Waals surface area contributed by atoms with Crippen LogP contribution in [0, 0.1) is 56.7 Å². The molecule has 8 unspecified atom stereocenters. The molecule has 5 rings (SSSR count). The van der Waals surface area contributed by atoms with E-state index in [0.29, 0.717) is 39.3 Å². The van der Waals surface area contributed by atoms with Crippen molar-refractivity contribution in [2.75, 3.05) is 0 Å². The number of ketones is 1. The molecule has 0 amide bonds. The maximum absolute atomic E-state index is 12.9. The number of allylic oxidation sites excluding steroid dienone is 2. The Balaban J connectivity index is 1.38. The number of rotatable bonds is 5. The number of hydrogen-bond donors (Lipinski definition) is 0. The van der Waals surface area contributed by atoms with Gasteiger partial charge in [-0.15, -0.1) is 0 Å². The predicted octanol–water partition coefficient (Wildman–Crippen LogP) is 9.01. The van der Waals surface area contributed by atoms with E-state index in [4.69, 9.17) is 0 Å². The van der Waals surface area contributed by atoms with Crippen LogP contribution in [0.1, 0.15) is 126 Å². The lowest BCUT2D eigenvalue weighted by molar-refractivity contribution is -0.157. The van der Waals surface area contributed by atoms with E-state index >= 15 is 0 Å². The zero-order valence-electron chi connectivity index (χ0n) is 23.2. The molecule has 0 aromatic rings. The fourth-order valence-electron chi connectivity index (χ4n) is 11.5. The van der Waals surface area contributed by atoms with Gasteiger partial charge >= 0.3 is 0 Å². The van der Waals surface area contributed by atoms with Crippen LogP contribution in [0.3, 0.4) is 0 Å². The predicted molar refractivity (Wildman–Crippen MR) is 139 cm³/mol. The first-order valence-corrected chi connectivity index (χ1v) is 14.6. The number of hydrogen-bond acceptors (Lipinski definition) is 1. The van der Waals surface area contributed by atoms with E-state index < -0.39 is 0 Å². The minimum Gasteiger partial charge on any atom is -0.299 e. The van der Waals surface area contributed by atoms with Gasteiger partial charge in [-0.25, -0.2) is 0 Å². The van der Waals surface area contributed by atoms with E-state index in [2.05, 4.69) is 61.5 Å². The van der Waals surface area contributed by atoms with Gasteiger partial charge in [0.2, 0.25) is 0 Å². The van der Waals surface area contributed by atoms with Crippen LogP contribution >= 0.6 is 0 Å². The van der Waals surface area contributed by atoms with Crippen LogP contribution in [0.4, 0.5) is 0 Å². The molecular weight excluding hydrogens is 400 g/mol. The first kappa shape index (κ1) is 24.1. The molecule has 8 atom stereocenters. The van der Waals surface area contributed by atoms with Crippen LogP contribution in [0.15, 0.2) is 11.6 Å². The molecule has 5 fully saturated rings. The summed E-state index contributed by atoms with van der Waals surface area (Å²) in [6.45, 7) is 19.6. The first-order chi connectivity index (χ1) is 15.4. The zero-order chi connectivity index (χ0) is 24.0. The van der Waals surface area contributed by atoms with Crippen molar-refractivity contribution < 1.29 is 4.79 Å². The molecule has 0 bridgehead atoms. The van der Waals surface area contributed by atoms with Crippen molar-refractivity contribution in [3.8, 4) is 0 Å². The Morgan fingerprint density at radius 3 is 2.24 bits per heavy atom. The summed E-state index contributed by atoms with van der Waals surface area (Å²) in [5.41, 5.74) is 3.68. The van der Waals surface area contributed by atoms with E-state index in [1.807, 2.05) is 0 Å². The minimum absolute atomic E-state index is 0.0813. The quantitative estimate of drug-likeness (QED) is 0.380. The van der Waals surface area contributed by atoms with E-state index in [9.17, 15) is 4.79 Å². The van der Waals surface area contributed by atoms with Crippen LogP contribution in [0.5, 0.6) is 0 Å². The van der Waals surface area contributed by atoms with Crippen molar-refractivity contribution in [1.29, 1.82) is 0 Å². The smallest absolute Gasteiger partial charge is 0.138 e. The van der Waals surface area contributed by atoms with E-state index in [1.165, 1.54) is 64.2 Å². The molecule has 0 aromatic heterocycles. The first-order valence-electron chi connectivity index (χ1n) is 14.6. The van der Waals surface area contributed by atoms with Crippen molar-refractivity contribution in [3.63, 3.8) is 0 Å². The molecule has 0 heterocycles. The number of Topliss-reactive ketones (excluding diaryl/α,β-unsaturated/α-hetero) is 1. The maximum Gasteiger partial charge on any atom is 0.138 e. The molecule has 0 N–H and O–H groups in total. The van der Waals surface area contributed by atoms with Gasteiger partial charge in [0.25, 0.3) is 0 Å². The van der Waals surface area contributed by atoms with Gasteiger partial charge in [0.1, 0.15) is 5.78 Å². The van der Waals surface area contributed by atoms with Gasteiger partial charge in [-0.05, 0) is 122 Å². The molecule has 33 heavy (non-hydrogen) atoms. The summed E-state index contributed by atoms with van der Waals surface area (Å²) in [7, 11) is 0. The molecule has 5 aliphatic rings. The molecule has 1 heteroatoms. The third-order valence-corrected chi connectivity index (χ3v) is 13.6. The number of carbonyl (C=O) groups is 1. The lowest BCUT2D eigenvalue weighted by Crippen LogP contribution is -2.57. The highest BCUT2D eigenvalue weighted by atomic mass is 16.1. The zero-order valence-corrected chi connectivity index (χ0v) is 23.2. The third kappa shape index (κ3) is 2.92. The van der Waals surface area contributed by atoms with Gasteiger partial charge in [0.05, 0.1) is 0 Å². The molecule has 1 nitrogen and oxygen atoms in total. The van der Waals surface area contributed by atoms with E-state index in [-0.39, 0.29) is 5.41 Å². The molecule has 0 radical (unpaired) electrons. The average Bonchev–Trinajstić information content (AvgIpc) is 3.34. The third-order valence-electron chi connectivity index (χ3n) is 13.6. The van der Waals surface area contributed by atoms with Crippen LogP contribution in [0.2, 0.25) is 0 Å².